The van der Waals surface area contributed by atoms with Gasteiger partial charge in [0.05, 0.1) is 6.61 Å². The summed E-state index contributed by atoms with van der Waals surface area (Å²) in [5.74, 6) is 0. The van der Waals surface area contributed by atoms with E-state index in [9.17, 15) is 4.57 Å². The van der Waals surface area contributed by atoms with Crippen LogP contribution >= 0.6 is 7.37 Å². The molecule has 0 saturated carbocycles. The van der Waals surface area contributed by atoms with E-state index in [4.69, 9.17) is 4.52 Å². The van der Waals surface area contributed by atoms with Crippen LogP contribution in [-0.2, 0) is 9.09 Å². The maximum atomic E-state index is 12.0. The van der Waals surface area contributed by atoms with Crippen molar-refractivity contribution in [2.45, 2.75) is 38.8 Å². The third kappa shape index (κ3) is 1.86. The van der Waals surface area contributed by atoms with Gasteiger partial charge in [-0.05, 0) is 12.8 Å². The number of hydrogen-bond donors (Lipinski definition) is 0. The van der Waals surface area contributed by atoms with Crippen LogP contribution in [0.1, 0.15) is 33.6 Å². The molecule has 0 bridgehead atoms. The van der Waals surface area contributed by atoms with Crippen LogP contribution in [0.15, 0.2) is 0 Å². The second-order valence-electron chi connectivity index (χ2n) is 4.11. The van der Waals surface area contributed by atoms with Gasteiger partial charge in [-0.3, -0.25) is 4.57 Å². The fraction of sp³-hybridized carbons (Fsp3) is 1.00. The minimum Gasteiger partial charge on any atom is -0.328 e. The summed E-state index contributed by atoms with van der Waals surface area (Å²) < 4.78 is 17.4. The number of rotatable bonds is 0. The van der Waals surface area contributed by atoms with E-state index in [1.807, 2.05) is 20.8 Å². The Morgan fingerprint density at radius 3 is 2.18 bits per heavy atom. The highest BCUT2D eigenvalue weighted by Crippen LogP contribution is 2.60. The molecule has 2 nitrogen and oxygen atoms in total. The zero-order valence-corrected chi connectivity index (χ0v) is 8.49. The molecule has 3 heteroatoms. The molecule has 0 radical (unpaired) electrons. The molecule has 1 fully saturated rings. The summed E-state index contributed by atoms with van der Waals surface area (Å²) in [6, 6.07) is 0. The van der Waals surface area contributed by atoms with Gasteiger partial charge in [0.2, 0.25) is 7.37 Å². The van der Waals surface area contributed by atoms with E-state index in [2.05, 4.69) is 0 Å². The molecule has 1 heterocycles. The average molecular weight is 176 g/mol. The van der Waals surface area contributed by atoms with Crippen LogP contribution < -0.4 is 0 Å². The first kappa shape index (κ1) is 9.28. The van der Waals surface area contributed by atoms with E-state index < -0.39 is 7.37 Å². The van der Waals surface area contributed by atoms with E-state index in [1.54, 1.807) is 0 Å². The molecule has 0 spiro atoms. The van der Waals surface area contributed by atoms with E-state index in [0.29, 0.717) is 6.61 Å². The van der Waals surface area contributed by atoms with Crippen molar-refractivity contribution in [2.24, 2.45) is 0 Å². The molecule has 1 rings (SSSR count). The fourth-order valence-corrected chi connectivity index (χ4v) is 3.48. The van der Waals surface area contributed by atoms with Crippen LogP contribution in [0.5, 0.6) is 0 Å². The molecule has 0 amide bonds. The summed E-state index contributed by atoms with van der Waals surface area (Å²) in [4.78, 5) is 0. The van der Waals surface area contributed by atoms with Crippen molar-refractivity contribution in [1.29, 1.82) is 0 Å². The van der Waals surface area contributed by atoms with Gasteiger partial charge in [0.15, 0.2) is 0 Å². The third-order valence-electron chi connectivity index (χ3n) is 2.17. The number of hydrogen-bond acceptors (Lipinski definition) is 2. The van der Waals surface area contributed by atoms with Gasteiger partial charge in [0, 0.05) is 11.3 Å². The first-order chi connectivity index (χ1) is 4.96. The smallest absolute Gasteiger partial charge is 0.208 e. The molecule has 0 aromatic rings. The lowest BCUT2D eigenvalue weighted by atomic mass is 10.3. The van der Waals surface area contributed by atoms with Gasteiger partial charge in [-0.1, -0.05) is 20.8 Å². The predicted molar refractivity (Wildman–Crippen MR) is 47.4 cm³/mol. The normalized spacial score (nSPS) is 33.7. The molecule has 0 N–H and O–H groups in total. The van der Waals surface area contributed by atoms with E-state index in [1.165, 1.54) is 0 Å². The first-order valence-electron chi connectivity index (χ1n) is 4.19. The minimum atomic E-state index is -2.30. The lowest BCUT2D eigenvalue weighted by molar-refractivity contribution is 0.272. The van der Waals surface area contributed by atoms with Crippen LogP contribution in [0, 0.1) is 0 Å². The molecule has 1 saturated heterocycles. The molecule has 66 valence electrons. The zero-order valence-electron chi connectivity index (χ0n) is 7.59. The van der Waals surface area contributed by atoms with Gasteiger partial charge in [-0.2, -0.15) is 0 Å². The summed E-state index contributed by atoms with van der Waals surface area (Å²) in [5.41, 5.74) is 0. The fourth-order valence-electron chi connectivity index (χ4n) is 1.23. The summed E-state index contributed by atoms with van der Waals surface area (Å²) in [7, 11) is -2.30. The quantitative estimate of drug-likeness (QED) is 0.530. The van der Waals surface area contributed by atoms with Crippen LogP contribution in [0.3, 0.4) is 0 Å². The maximum Gasteiger partial charge on any atom is 0.208 e. The highest BCUT2D eigenvalue weighted by Gasteiger charge is 2.38. The van der Waals surface area contributed by atoms with Gasteiger partial charge in [0.25, 0.3) is 0 Å². The van der Waals surface area contributed by atoms with Gasteiger partial charge in [-0.15, -0.1) is 0 Å². The van der Waals surface area contributed by atoms with Gasteiger partial charge in [0.1, 0.15) is 0 Å². The molecular weight excluding hydrogens is 159 g/mol. The Morgan fingerprint density at radius 2 is 1.91 bits per heavy atom. The summed E-state index contributed by atoms with van der Waals surface area (Å²) in [5, 5.41) is -0.159. The van der Waals surface area contributed by atoms with Gasteiger partial charge < -0.3 is 4.52 Å². The summed E-state index contributed by atoms with van der Waals surface area (Å²) >= 11 is 0. The standard InChI is InChI=1S/C8H17O2P/c1-8(2,3)11(9)7-5-4-6-10-11/h4-7H2,1-3H3. The van der Waals surface area contributed by atoms with Crippen LogP contribution in [0.4, 0.5) is 0 Å². The Balaban J connectivity index is 2.73. The van der Waals surface area contributed by atoms with Crippen LogP contribution in [0.2, 0.25) is 0 Å². The van der Waals surface area contributed by atoms with Crippen molar-refractivity contribution in [3.63, 3.8) is 0 Å². The largest absolute Gasteiger partial charge is 0.328 e. The Labute approximate surface area is 68.8 Å². The second-order valence-corrected chi connectivity index (χ2v) is 7.50. The topological polar surface area (TPSA) is 26.3 Å². The third-order valence-corrected chi connectivity index (χ3v) is 5.72. The minimum absolute atomic E-state index is 0.159. The molecule has 0 aliphatic carbocycles. The van der Waals surface area contributed by atoms with Gasteiger partial charge in [-0.25, -0.2) is 0 Å². The molecular formula is C8H17O2P. The van der Waals surface area contributed by atoms with E-state index in [-0.39, 0.29) is 5.16 Å². The highest BCUT2D eigenvalue weighted by atomic mass is 31.2. The van der Waals surface area contributed by atoms with Crippen molar-refractivity contribution in [3.8, 4) is 0 Å². The Bertz CT molecular complexity index is 171. The maximum absolute atomic E-state index is 12.0. The van der Waals surface area contributed by atoms with Crippen molar-refractivity contribution < 1.29 is 9.09 Å². The zero-order chi connectivity index (χ0) is 8.54. The molecule has 1 aliphatic heterocycles. The van der Waals surface area contributed by atoms with Crippen molar-refractivity contribution in [2.75, 3.05) is 12.8 Å². The Hall–Kier alpha value is 0.190. The molecule has 1 atom stereocenters. The first-order valence-corrected chi connectivity index (χ1v) is 6.00. The lowest BCUT2D eigenvalue weighted by Gasteiger charge is -2.33. The van der Waals surface area contributed by atoms with E-state index >= 15 is 0 Å². The van der Waals surface area contributed by atoms with Crippen molar-refractivity contribution in [3.05, 3.63) is 0 Å². The van der Waals surface area contributed by atoms with Crippen molar-refractivity contribution in [1.82, 2.24) is 0 Å². The molecule has 11 heavy (non-hydrogen) atoms. The SMILES string of the molecule is CC(C)(C)P1(=O)CCCCO1. The average Bonchev–Trinajstić information content (AvgIpc) is 1.87. The summed E-state index contributed by atoms with van der Waals surface area (Å²) in [6.45, 7) is 6.69. The molecule has 0 aromatic heterocycles. The van der Waals surface area contributed by atoms with E-state index in [0.717, 1.165) is 19.0 Å². The molecule has 1 aliphatic rings. The second kappa shape index (κ2) is 2.91. The van der Waals surface area contributed by atoms with Gasteiger partial charge >= 0.3 is 0 Å². The highest BCUT2D eigenvalue weighted by molar-refractivity contribution is 7.60. The van der Waals surface area contributed by atoms with Crippen LogP contribution in [-0.4, -0.2) is 17.9 Å². The predicted octanol–water partition coefficient (Wildman–Crippen LogP) is 2.87. The Kier molecular flexibility index (Phi) is 2.46. The Morgan fingerprint density at radius 1 is 1.27 bits per heavy atom. The summed E-state index contributed by atoms with van der Waals surface area (Å²) in [6.07, 6.45) is 2.91. The molecule has 0 aromatic carbocycles. The lowest BCUT2D eigenvalue weighted by Crippen LogP contribution is -2.22. The van der Waals surface area contributed by atoms with Crippen LogP contribution in [0.25, 0.3) is 0 Å². The monoisotopic (exact) mass is 176 g/mol. The van der Waals surface area contributed by atoms with Crippen molar-refractivity contribution >= 4 is 7.37 Å². The molecule has 1 unspecified atom stereocenters.